The molecule has 0 radical (unpaired) electrons. The highest BCUT2D eigenvalue weighted by Crippen LogP contribution is 2.23. The molecule has 0 saturated carbocycles. The number of carboxylic acids is 1. The van der Waals surface area contributed by atoms with Crippen LogP contribution in [0.15, 0.2) is 35.6 Å². The minimum atomic E-state index is -0.833. The second kappa shape index (κ2) is 5.68. The molecule has 94 valence electrons. The molecule has 2 aromatic rings. The highest BCUT2D eigenvalue weighted by molar-refractivity contribution is 7.99. The second-order valence-corrected chi connectivity index (χ2v) is 4.62. The van der Waals surface area contributed by atoms with Crippen molar-refractivity contribution in [3.8, 4) is 5.69 Å². The Hall–Kier alpha value is -1.82. The van der Waals surface area contributed by atoms with Gasteiger partial charge in [0.1, 0.15) is 5.03 Å². The van der Waals surface area contributed by atoms with Gasteiger partial charge in [0.15, 0.2) is 0 Å². The highest BCUT2D eigenvalue weighted by atomic mass is 32.2. The summed E-state index contributed by atoms with van der Waals surface area (Å²) in [5.41, 5.74) is 1.83. The molecule has 0 unspecified atom stereocenters. The molecule has 0 fully saturated rings. The summed E-state index contributed by atoms with van der Waals surface area (Å²) in [5, 5.41) is 14.0. The lowest BCUT2D eigenvalue weighted by Gasteiger charge is -2.05. The zero-order valence-corrected chi connectivity index (χ0v) is 10.7. The summed E-state index contributed by atoms with van der Waals surface area (Å²) in [5.74, 6) is -0.805. The van der Waals surface area contributed by atoms with Crippen LogP contribution in [0, 0.1) is 0 Å². The largest absolute Gasteiger partial charge is 0.481 e. The fraction of sp³-hybridized carbons (Fsp3) is 0.250. The van der Waals surface area contributed by atoms with Crippen LogP contribution in [-0.4, -0.2) is 31.6 Å². The molecule has 0 spiro atoms. The summed E-state index contributed by atoms with van der Waals surface area (Å²) < 4.78 is 1.76. The molecule has 2 rings (SSSR count). The predicted octanol–water partition coefficient (Wildman–Crippen LogP) is 2.01. The molecule has 2 heterocycles. The highest BCUT2D eigenvalue weighted by Gasteiger charge is 2.10. The van der Waals surface area contributed by atoms with E-state index >= 15 is 0 Å². The molecular formula is C12H13N3O2S. The summed E-state index contributed by atoms with van der Waals surface area (Å²) in [6.07, 6.45) is 4.20. The number of hydrogen-bond acceptors (Lipinski definition) is 4. The first-order chi connectivity index (χ1) is 8.70. The predicted molar refractivity (Wildman–Crippen MR) is 69.1 cm³/mol. The van der Waals surface area contributed by atoms with Gasteiger partial charge in [-0.05, 0) is 24.6 Å². The van der Waals surface area contributed by atoms with E-state index in [2.05, 4.69) is 10.1 Å². The van der Waals surface area contributed by atoms with E-state index in [1.54, 1.807) is 17.1 Å². The lowest BCUT2D eigenvalue weighted by atomic mass is 10.3. The zero-order valence-electron chi connectivity index (χ0n) is 9.91. The molecule has 18 heavy (non-hydrogen) atoms. The molecule has 1 N–H and O–H groups in total. The van der Waals surface area contributed by atoms with E-state index in [9.17, 15) is 4.79 Å². The van der Waals surface area contributed by atoms with Gasteiger partial charge in [0.25, 0.3) is 0 Å². The molecule has 0 saturated heterocycles. The number of pyridine rings is 1. The van der Waals surface area contributed by atoms with Gasteiger partial charge in [-0.1, -0.05) is 18.7 Å². The number of aromatic nitrogens is 3. The number of aryl methyl sites for hydroxylation is 1. The number of hydrogen-bond donors (Lipinski definition) is 1. The van der Waals surface area contributed by atoms with Crippen LogP contribution in [0.5, 0.6) is 0 Å². The minimum absolute atomic E-state index is 0.0277. The fourth-order valence-electron chi connectivity index (χ4n) is 1.49. The Kier molecular flexibility index (Phi) is 3.99. The number of carboxylic acid groups (broad SMARTS) is 1. The summed E-state index contributed by atoms with van der Waals surface area (Å²) in [6.45, 7) is 2.02. The molecule has 0 amide bonds. The van der Waals surface area contributed by atoms with Crippen LogP contribution in [0.2, 0.25) is 0 Å². The van der Waals surface area contributed by atoms with Crippen LogP contribution in [0.3, 0.4) is 0 Å². The van der Waals surface area contributed by atoms with Crippen molar-refractivity contribution in [1.29, 1.82) is 0 Å². The minimum Gasteiger partial charge on any atom is -0.481 e. The van der Waals surface area contributed by atoms with E-state index in [4.69, 9.17) is 5.11 Å². The van der Waals surface area contributed by atoms with Gasteiger partial charge in [-0.15, -0.1) is 0 Å². The standard InChI is InChI=1S/C12H13N3O2S/c1-2-9-7-11(18-8-12(16)17)15(14-9)10-3-5-13-6-4-10/h3-7H,2,8H2,1H3,(H,16,17). The Morgan fingerprint density at radius 1 is 1.44 bits per heavy atom. The molecule has 2 aromatic heterocycles. The smallest absolute Gasteiger partial charge is 0.313 e. The third kappa shape index (κ3) is 2.89. The lowest BCUT2D eigenvalue weighted by Crippen LogP contribution is -2.02. The Bertz CT molecular complexity index is 540. The fourth-order valence-corrected chi connectivity index (χ4v) is 2.25. The van der Waals surface area contributed by atoms with E-state index < -0.39 is 5.97 Å². The van der Waals surface area contributed by atoms with Gasteiger partial charge in [0, 0.05) is 12.4 Å². The monoisotopic (exact) mass is 263 g/mol. The quantitative estimate of drug-likeness (QED) is 0.836. The normalized spacial score (nSPS) is 10.5. The molecule has 0 bridgehead atoms. The van der Waals surface area contributed by atoms with E-state index in [1.807, 2.05) is 25.1 Å². The van der Waals surface area contributed by atoms with Crippen molar-refractivity contribution in [3.05, 3.63) is 36.3 Å². The lowest BCUT2D eigenvalue weighted by molar-refractivity contribution is -0.133. The maximum Gasteiger partial charge on any atom is 0.313 e. The Labute approximate surface area is 109 Å². The van der Waals surface area contributed by atoms with Crippen LogP contribution < -0.4 is 0 Å². The van der Waals surface area contributed by atoms with E-state index in [0.717, 1.165) is 22.8 Å². The van der Waals surface area contributed by atoms with Gasteiger partial charge in [-0.2, -0.15) is 5.10 Å². The van der Waals surface area contributed by atoms with Crippen molar-refractivity contribution in [2.75, 3.05) is 5.75 Å². The number of thioether (sulfide) groups is 1. The molecule has 0 atom stereocenters. The Morgan fingerprint density at radius 3 is 2.78 bits per heavy atom. The summed E-state index contributed by atoms with van der Waals surface area (Å²) >= 11 is 1.27. The number of rotatable bonds is 5. The number of nitrogens with zero attached hydrogens (tertiary/aromatic N) is 3. The molecular weight excluding hydrogens is 250 g/mol. The number of carbonyl (C=O) groups is 1. The zero-order chi connectivity index (χ0) is 13.0. The van der Waals surface area contributed by atoms with Crippen molar-refractivity contribution >= 4 is 17.7 Å². The van der Waals surface area contributed by atoms with Gasteiger partial charge in [-0.3, -0.25) is 9.78 Å². The molecule has 5 nitrogen and oxygen atoms in total. The molecule has 0 aliphatic carbocycles. The third-order valence-electron chi connectivity index (χ3n) is 2.34. The molecule has 0 aliphatic rings. The SMILES string of the molecule is CCc1cc(SCC(=O)O)n(-c2ccncc2)n1. The van der Waals surface area contributed by atoms with Gasteiger partial charge >= 0.3 is 5.97 Å². The van der Waals surface area contributed by atoms with Crippen LogP contribution in [0.4, 0.5) is 0 Å². The van der Waals surface area contributed by atoms with Gasteiger partial charge in [-0.25, -0.2) is 4.68 Å². The first kappa shape index (κ1) is 12.6. The first-order valence-electron chi connectivity index (χ1n) is 5.54. The van der Waals surface area contributed by atoms with E-state index in [-0.39, 0.29) is 5.75 Å². The average molecular weight is 263 g/mol. The van der Waals surface area contributed by atoms with Gasteiger partial charge in [0.05, 0.1) is 17.1 Å². The van der Waals surface area contributed by atoms with E-state index in [0.29, 0.717) is 0 Å². The van der Waals surface area contributed by atoms with Crippen molar-refractivity contribution in [2.45, 2.75) is 18.4 Å². The van der Waals surface area contributed by atoms with E-state index in [1.165, 1.54) is 11.8 Å². The maximum absolute atomic E-state index is 10.6. The molecule has 0 aromatic carbocycles. The van der Waals surface area contributed by atoms with Gasteiger partial charge in [0.2, 0.25) is 0 Å². The topological polar surface area (TPSA) is 68.0 Å². The second-order valence-electron chi connectivity index (χ2n) is 3.63. The summed E-state index contributed by atoms with van der Waals surface area (Å²) in [6, 6.07) is 5.61. The van der Waals surface area contributed by atoms with Crippen molar-refractivity contribution in [3.63, 3.8) is 0 Å². The van der Waals surface area contributed by atoms with Crippen molar-refractivity contribution < 1.29 is 9.90 Å². The van der Waals surface area contributed by atoms with Crippen LogP contribution >= 0.6 is 11.8 Å². The summed E-state index contributed by atoms with van der Waals surface area (Å²) in [7, 11) is 0. The van der Waals surface area contributed by atoms with Crippen molar-refractivity contribution in [2.24, 2.45) is 0 Å². The third-order valence-corrected chi connectivity index (χ3v) is 3.32. The first-order valence-corrected chi connectivity index (χ1v) is 6.53. The Balaban J connectivity index is 2.33. The molecule has 6 heteroatoms. The van der Waals surface area contributed by atoms with Gasteiger partial charge < -0.3 is 5.11 Å². The van der Waals surface area contributed by atoms with Crippen LogP contribution in [0.1, 0.15) is 12.6 Å². The van der Waals surface area contributed by atoms with Crippen molar-refractivity contribution in [1.82, 2.24) is 14.8 Å². The van der Waals surface area contributed by atoms with Crippen LogP contribution in [-0.2, 0) is 11.2 Å². The van der Waals surface area contributed by atoms with Crippen LogP contribution in [0.25, 0.3) is 5.69 Å². The average Bonchev–Trinajstić information content (AvgIpc) is 2.80. The number of aliphatic carboxylic acids is 1. The molecule has 0 aliphatic heterocycles. The Morgan fingerprint density at radius 2 is 2.17 bits per heavy atom. The maximum atomic E-state index is 10.6. The summed E-state index contributed by atoms with van der Waals surface area (Å²) in [4.78, 5) is 14.6.